The summed E-state index contributed by atoms with van der Waals surface area (Å²) in [6, 6.07) is 18.5. The molecule has 0 bridgehead atoms. The van der Waals surface area contributed by atoms with Crippen LogP contribution >= 0.6 is 23.5 Å². The standard InChI is InChI=1S/C26H26N4O2S2/c1-2-16-33-22-10-8-19(9-11-22)24-20(18-30(28-24)21-6-4-3-5-7-21)17-23-25(31)27-26(34-23)29-12-14-32-15-13-29/h3-11,17-18H,2,12-16H2,1H3/b23-17-. The van der Waals surface area contributed by atoms with Crippen LogP contribution < -0.4 is 0 Å². The van der Waals surface area contributed by atoms with E-state index in [-0.39, 0.29) is 5.91 Å². The van der Waals surface area contributed by atoms with E-state index in [1.54, 1.807) is 0 Å². The van der Waals surface area contributed by atoms with Crippen molar-refractivity contribution in [3.05, 3.63) is 71.3 Å². The first kappa shape index (κ1) is 23.0. The Bertz CT molecular complexity index is 1210. The van der Waals surface area contributed by atoms with E-state index in [2.05, 4.69) is 41.1 Å². The molecule has 2 aromatic carbocycles. The maximum atomic E-state index is 12.7. The van der Waals surface area contributed by atoms with Crippen molar-refractivity contribution < 1.29 is 9.53 Å². The van der Waals surface area contributed by atoms with E-state index in [1.807, 2.05) is 59.0 Å². The topological polar surface area (TPSA) is 59.7 Å². The number of aliphatic imine (C=N–C) groups is 1. The molecule has 3 aromatic rings. The van der Waals surface area contributed by atoms with Gasteiger partial charge in [-0.3, -0.25) is 4.79 Å². The quantitative estimate of drug-likeness (QED) is 0.343. The number of rotatable bonds is 6. The molecule has 0 radical (unpaired) electrons. The molecule has 0 atom stereocenters. The van der Waals surface area contributed by atoms with E-state index in [0.29, 0.717) is 18.1 Å². The molecule has 1 fully saturated rings. The van der Waals surface area contributed by atoms with Gasteiger partial charge >= 0.3 is 0 Å². The van der Waals surface area contributed by atoms with Crippen molar-refractivity contribution >= 4 is 40.7 Å². The van der Waals surface area contributed by atoms with Gasteiger partial charge in [0.15, 0.2) is 5.17 Å². The number of benzene rings is 2. The van der Waals surface area contributed by atoms with Crippen LogP contribution in [0, 0.1) is 0 Å². The van der Waals surface area contributed by atoms with Crippen LogP contribution in [-0.4, -0.2) is 57.8 Å². The molecule has 8 heteroatoms. The number of hydrogen-bond donors (Lipinski definition) is 0. The van der Waals surface area contributed by atoms with E-state index in [9.17, 15) is 4.79 Å². The number of morpholine rings is 1. The fourth-order valence-corrected chi connectivity index (χ4v) is 5.51. The molecule has 174 valence electrons. The summed E-state index contributed by atoms with van der Waals surface area (Å²) < 4.78 is 7.30. The summed E-state index contributed by atoms with van der Waals surface area (Å²) in [4.78, 5) is 21.0. The largest absolute Gasteiger partial charge is 0.378 e. The van der Waals surface area contributed by atoms with E-state index in [1.165, 1.54) is 16.7 Å². The number of para-hydroxylation sites is 1. The molecule has 0 N–H and O–H groups in total. The highest BCUT2D eigenvalue weighted by molar-refractivity contribution is 8.18. The Balaban J connectivity index is 1.47. The number of nitrogens with zero attached hydrogens (tertiary/aromatic N) is 4. The lowest BCUT2D eigenvalue weighted by Gasteiger charge is -2.27. The molecule has 2 aliphatic heterocycles. The Kier molecular flexibility index (Phi) is 7.18. The van der Waals surface area contributed by atoms with Crippen molar-refractivity contribution in [3.8, 4) is 16.9 Å². The zero-order valence-corrected chi connectivity index (χ0v) is 20.6. The Morgan fingerprint density at radius 3 is 2.59 bits per heavy atom. The summed E-state index contributed by atoms with van der Waals surface area (Å²) in [6.07, 6.45) is 5.05. The lowest BCUT2D eigenvalue weighted by atomic mass is 10.1. The van der Waals surface area contributed by atoms with Crippen molar-refractivity contribution in [2.24, 2.45) is 4.99 Å². The van der Waals surface area contributed by atoms with E-state index in [4.69, 9.17) is 9.84 Å². The second-order valence-corrected chi connectivity index (χ2v) is 10.2. The van der Waals surface area contributed by atoms with E-state index >= 15 is 0 Å². The molecule has 0 saturated carbocycles. The van der Waals surface area contributed by atoms with Gasteiger partial charge in [0.05, 0.1) is 29.5 Å². The molecule has 1 saturated heterocycles. The highest BCUT2D eigenvalue weighted by Gasteiger charge is 2.27. The predicted molar refractivity (Wildman–Crippen MR) is 140 cm³/mol. The fraction of sp³-hybridized carbons (Fsp3) is 0.269. The van der Waals surface area contributed by atoms with Gasteiger partial charge in [0, 0.05) is 35.3 Å². The maximum absolute atomic E-state index is 12.7. The van der Waals surface area contributed by atoms with E-state index < -0.39 is 0 Å². The summed E-state index contributed by atoms with van der Waals surface area (Å²) in [5.41, 5.74) is 3.73. The molecule has 5 rings (SSSR count). The average molecular weight is 491 g/mol. The molecule has 0 aliphatic carbocycles. The minimum atomic E-state index is -0.198. The van der Waals surface area contributed by atoms with Gasteiger partial charge in [0.2, 0.25) is 0 Å². The Morgan fingerprint density at radius 1 is 1.09 bits per heavy atom. The Labute approximate surface area is 208 Å². The highest BCUT2D eigenvalue weighted by atomic mass is 32.2. The van der Waals surface area contributed by atoms with Gasteiger partial charge in [-0.05, 0) is 54.3 Å². The van der Waals surface area contributed by atoms with Crippen molar-refractivity contribution in [1.82, 2.24) is 14.7 Å². The first-order chi connectivity index (χ1) is 16.7. The molecule has 34 heavy (non-hydrogen) atoms. The van der Waals surface area contributed by atoms with Crippen LogP contribution in [0.4, 0.5) is 0 Å². The number of amides is 1. The molecular weight excluding hydrogens is 464 g/mol. The second kappa shape index (κ2) is 10.6. The molecule has 0 spiro atoms. The fourth-order valence-electron chi connectivity index (χ4n) is 3.79. The van der Waals surface area contributed by atoms with Gasteiger partial charge in [0.25, 0.3) is 5.91 Å². The Morgan fingerprint density at radius 2 is 1.85 bits per heavy atom. The van der Waals surface area contributed by atoms with Crippen LogP contribution in [0.2, 0.25) is 0 Å². The van der Waals surface area contributed by atoms with Gasteiger partial charge < -0.3 is 9.64 Å². The third-order valence-electron chi connectivity index (χ3n) is 5.54. The zero-order chi connectivity index (χ0) is 23.3. The average Bonchev–Trinajstić information content (AvgIpc) is 3.48. The second-order valence-electron chi connectivity index (χ2n) is 8.00. The summed E-state index contributed by atoms with van der Waals surface area (Å²) in [5.74, 6) is 0.903. The van der Waals surface area contributed by atoms with Crippen molar-refractivity contribution in [1.29, 1.82) is 0 Å². The molecule has 1 aromatic heterocycles. The molecule has 0 unspecified atom stereocenters. The van der Waals surface area contributed by atoms with Gasteiger partial charge in [-0.2, -0.15) is 10.1 Å². The number of thioether (sulfide) groups is 2. The predicted octanol–water partition coefficient (Wildman–Crippen LogP) is 5.34. The van der Waals surface area contributed by atoms with Gasteiger partial charge in [-0.1, -0.05) is 37.3 Å². The van der Waals surface area contributed by atoms with Crippen molar-refractivity contribution in [3.63, 3.8) is 0 Å². The van der Waals surface area contributed by atoms with Crippen molar-refractivity contribution in [2.75, 3.05) is 32.1 Å². The first-order valence-electron chi connectivity index (χ1n) is 11.4. The lowest BCUT2D eigenvalue weighted by Crippen LogP contribution is -2.38. The van der Waals surface area contributed by atoms with Crippen LogP contribution in [0.3, 0.4) is 0 Å². The van der Waals surface area contributed by atoms with Crippen LogP contribution in [-0.2, 0) is 9.53 Å². The minimum Gasteiger partial charge on any atom is -0.378 e. The zero-order valence-electron chi connectivity index (χ0n) is 19.0. The third-order valence-corrected chi connectivity index (χ3v) is 7.80. The number of amidine groups is 1. The first-order valence-corrected chi connectivity index (χ1v) is 13.2. The van der Waals surface area contributed by atoms with Crippen LogP contribution in [0.5, 0.6) is 0 Å². The molecule has 2 aliphatic rings. The van der Waals surface area contributed by atoms with Crippen LogP contribution in [0.1, 0.15) is 18.9 Å². The number of aromatic nitrogens is 2. The van der Waals surface area contributed by atoms with Gasteiger partial charge in [-0.15, -0.1) is 11.8 Å². The number of carbonyl (C=O) groups excluding carboxylic acids is 1. The monoisotopic (exact) mass is 490 g/mol. The summed E-state index contributed by atoms with van der Waals surface area (Å²) in [5, 5.41) is 5.66. The van der Waals surface area contributed by atoms with Gasteiger partial charge in [0.1, 0.15) is 0 Å². The normalized spacial score (nSPS) is 17.4. The SMILES string of the molecule is CCCSc1ccc(-c2nn(-c3ccccc3)cc2/C=C2\SC(N3CCOCC3)=NC2=O)cc1. The number of hydrogen-bond acceptors (Lipinski definition) is 6. The van der Waals surface area contributed by atoms with Crippen molar-refractivity contribution in [2.45, 2.75) is 18.2 Å². The highest BCUT2D eigenvalue weighted by Crippen LogP contribution is 2.34. The summed E-state index contributed by atoms with van der Waals surface area (Å²) in [6.45, 7) is 5.02. The molecular formula is C26H26N4O2S2. The molecule has 1 amide bonds. The Hall–Kier alpha value is -2.81. The number of ether oxygens (including phenoxy) is 1. The summed E-state index contributed by atoms with van der Waals surface area (Å²) in [7, 11) is 0. The minimum absolute atomic E-state index is 0.198. The molecule has 3 heterocycles. The van der Waals surface area contributed by atoms with Gasteiger partial charge in [-0.25, -0.2) is 4.68 Å². The van der Waals surface area contributed by atoms with Crippen LogP contribution in [0.15, 0.2) is 75.6 Å². The maximum Gasteiger partial charge on any atom is 0.286 e. The number of carbonyl (C=O) groups is 1. The lowest BCUT2D eigenvalue weighted by molar-refractivity contribution is -0.113. The van der Waals surface area contributed by atoms with E-state index in [0.717, 1.165) is 52.9 Å². The smallest absolute Gasteiger partial charge is 0.286 e. The summed E-state index contributed by atoms with van der Waals surface area (Å²) >= 11 is 3.29. The molecule has 6 nitrogen and oxygen atoms in total. The van der Waals surface area contributed by atoms with Crippen LogP contribution in [0.25, 0.3) is 23.0 Å². The third kappa shape index (κ3) is 5.14.